The third-order valence-electron chi connectivity index (χ3n) is 1.68. The third kappa shape index (κ3) is 1.11. The van der Waals surface area contributed by atoms with Crippen molar-refractivity contribution in [2.45, 2.75) is 6.92 Å². The van der Waals surface area contributed by atoms with E-state index in [9.17, 15) is 5.11 Å². The maximum atomic E-state index is 9.21. The van der Waals surface area contributed by atoms with E-state index in [1.807, 2.05) is 0 Å². The van der Waals surface area contributed by atoms with Gasteiger partial charge in [-0.25, -0.2) is 0 Å². The minimum Gasteiger partial charge on any atom is -0.504 e. The van der Waals surface area contributed by atoms with Crippen molar-refractivity contribution < 1.29 is 20.1 Å². The molecule has 4 heteroatoms. The zero-order chi connectivity index (χ0) is 9.30. The second-order valence-electron chi connectivity index (χ2n) is 2.42. The number of ether oxygens (including phenoxy) is 1. The van der Waals surface area contributed by atoms with Crippen LogP contribution in [0.3, 0.4) is 0 Å². The summed E-state index contributed by atoms with van der Waals surface area (Å²) in [7, 11) is 1.41. The number of hydrogen-bond acceptors (Lipinski definition) is 4. The number of benzene rings is 1. The van der Waals surface area contributed by atoms with Crippen LogP contribution in [0.2, 0.25) is 0 Å². The Morgan fingerprint density at radius 1 is 1.17 bits per heavy atom. The monoisotopic (exact) mass is 170 g/mol. The summed E-state index contributed by atoms with van der Waals surface area (Å²) >= 11 is 0. The molecule has 0 aliphatic heterocycles. The van der Waals surface area contributed by atoms with E-state index in [0.29, 0.717) is 11.3 Å². The maximum Gasteiger partial charge on any atom is 0.200 e. The van der Waals surface area contributed by atoms with E-state index >= 15 is 0 Å². The molecule has 0 unspecified atom stereocenters. The highest BCUT2D eigenvalue weighted by Gasteiger charge is 2.13. The van der Waals surface area contributed by atoms with Crippen LogP contribution in [0.4, 0.5) is 0 Å². The fourth-order valence-corrected chi connectivity index (χ4v) is 0.928. The Kier molecular flexibility index (Phi) is 1.99. The van der Waals surface area contributed by atoms with Gasteiger partial charge in [0.25, 0.3) is 0 Å². The molecule has 1 aromatic carbocycles. The van der Waals surface area contributed by atoms with E-state index in [-0.39, 0.29) is 5.75 Å². The molecule has 0 heterocycles. The van der Waals surface area contributed by atoms with Gasteiger partial charge in [-0.2, -0.15) is 0 Å². The molecule has 66 valence electrons. The SMILES string of the molecule is COc1cc(O)c(O)c(O)c1C. The van der Waals surface area contributed by atoms with Crippen LogP contribution in [0.5, 0.6) is 23.0 Å². The first kappa shape index (κ1) is 8.52. The Morgan fingerprint density at radius 2 is 1.75 bits per heavy atom. The average molecular weight is 170 g/mol. The van der Waals surface area contributed by atoms with Gasteiger partial charge in [0.05, 0.1) is 7.11 Å². The summed E-state index contributed by atoms with van der Waals surface area (Å²) in [5.41, 5.74) is 0.396. The van der Waals surface area contributed by atoms with Crippen LogP contribution in [0.15, 0.2) is 6.07 Å². The molecule has 0 aliphatic carbocycles. The fraction of sp³-hybridized carbons (Fsp3) is 0.250. The zero-order valence-electron chi connectivity index (χ0n) is 6.83. The van der Waals surface area contributed by atoms with Crippen molar-refractivity contribution in [3.8, 4) is 23.0 Å². The van der Waals surface area contributed by atoms with Gasteiger partial charge in [0.1, 0.15) is 5.75 Å². The Hall–Kier alpha value is -1.58. The maximum absolute atomic E-state index is 9.21. The molecule has 1 aromatic rings. The summed E-state index contributed by atoms with van der Waals surface area (Å²) in [5, 5.41) is 27.3. The minimum atomic E-state index is -0.520. The van der Waals surface area contributed by atoms with Crippen LogP contribution >= 0.6 is 0 Å². The zero-order valence-corrected chi connectivity index (χ0v) is 6.83. The number of phenolic OH excluding ortho intramolecular Hbond substituents is 3. The van der Waals surface area contributed by atoms with Crippen molar-refractivity contribution in [2.75, 3.05) is 7.11 Å². The van der Waals surface area contributed by atoms with Crippen molar-refractivity contribution in [2.24, 2.45) is 0 Å². The van der Waals surface area contributed by atoms with Crippen molar-refractivity contribution in [3.05, 3.63) is 11.6 Å². The second-order valence-corrected chi connectivity index (χ2v) is 2.42. The van der Waals surface area contributed by atoms with Crippen molar-refractivity contribution in [1.82, 2.24) is 0 Å². The number of methoxy groups -OCH3 is 1. The van der Waals surface area contributed by atoms with Gasteiger partial charge in [-0.1, -0.05) is 0 Å². The highest BCUT2D eigenvalue weighted by molar-refractivity contribution is 5.58. The lowest BCUT2D eigenvalue weighted by Gasteiger charge is -2.08. The van der Waals surface area contributed by atoms with Crippen LogP contribution < -0.4 is 4.74 Å². The van der Waals surface area contributed by atoms with Crippen molar-refractivity contribution >= 4 is 0 Å². The molecule has 0 spiro atoms. The summed E-state index contributed by atoms with van der Waals surface area (Å²) in [6.45, 7) is 1.58. The fourth-order valence-electron chi connectivity index (χ4n) is 0.928. The van der Waals surface area contributed by atoms with Crippen LogP contribution in [-0.4, -0.2) is 22.4 Å². The lowest BCUT2D eigenvalue weighted by atomic mass is 10.1. The van der Waals surface area contributed by atoms with Crippen LogP contribution in [-0.2, 0) is 0 Å². The lowest BCUT2D eigenvalue weighted by Crippen LogP contribution is -1.87. The Balaban J connectivity index is 3.39. The number of hydrogen-bond donors (Lipinski definition) is 3. The predicted molar refractivity (Wildman–Crippen MR) is 42.7 cm³/mol. The Labute approximate surface area is 69.7 Å². The largest absolute Gasteiger partial charge is 0.504 e. The van der Waals surface area contributed by atoms with Gasteiger partial charge in [0.15, 0.2) is 11.5 Å². The quantitative estimate of drug-likeness (QED) is 0.552. The topological polar surface area (TPSA) is 69.9 Å². The first-order valence-corrected chi connectivity index (χ1v) is 3.36. The molecule has 0 amide bonds. The van der Waals surface area contributed by atoms with E-state index in [1.165, 1.54) is 13.2 Å². The van der Waals surface area contributed by atoms with Crippen LogP contribution in [0.25, 0.3) is 0 Å². The lowest BCUT2D eigenvalue weighted by molar-refractivity contribution is 0.352. The summed E-state index contributed by atoms with van der Waals surface area (Å²) in [6.07, 6.45) is 0. The number of rotatable bonds is 1. The van der Waals surface area contributed by atoms with Gasteiger partial charge in [0.2, 0.25) is 5.75 Å². The molecule has 0 bridgehead atoms. The molecule has 0 fully saturated rings. The number of phenols is 3. The normalized spacial score (nSPS) is 9.83. The first-order valence-electron chi connectivity index (χ1n) is 3.36. The van der Waals surface area contributed by atoms with Crippen LogP contribution in [0, 0.1) is 6.92 Å². The predicted octanol–water partition coefficient (Wildman–Crippen LogP) is 1.12. The van der Waals surface area contributed by atoms with E-state index in [4.69, 9.17) is 14.9 Å². The highest BCUT2D eigenvalue weighted by Crippen LogP contribution is 2.42. The second kappa shape index (κ2) is 2.81. The molecule has 0 saturated carbocycles. The van der Waals surface area contributed by atoms with E-state index in [2.05, 4.69) is 0 Å². The average Bonchev–Trinajstić information content (AvgIpc) is 2.08. The molecule has 0 saturated heterocycles. The first-order chi connectivity index (χ1) is 5.57. The van der Waals surface area contributed by atoms with Gasteiger partial charge >= 0.3 is 0 Å². The molecular weight excluding hydrogens is 160 g/mol. The van der Waals surface area contributed by atoms with E-state index < -0.39 is 11.5 Å². The van der Waals surface area contributed by atoms with E-state index in [1.54, 1.807) is 6.92 Å². The standard InChI is InChI=1S/C8H10O4/c1-4-6(12-2)3-5(9)8(11)7(4)10/h3,9-11H,1-2H3. The number of aromatic hydroxyl groups is 3. The molecule has 12 heavy (non-hydrogen) atoms. The minimum absolute atomic E-state index is 0.336. The smallest absolute Gasteiger partial charge is 0.200 e. The van der Waals surface area contributed by atoms with Gasteiger partial charge in [0, 0.05) is 11.6 Å². The molecule has 1 rings (SSSR count). The summed E-state index contributed by atoms with van der Waals surface area (Å²) in [4.78, 5) is 0. The summed E-state index contributed by atoms with van der Waals surface area (Å²) in [6, 6.07) is 1.24. The van der Waals surface area contributed by atoms with Crippen LogP contribution in [0.1, 0.15) is 5.56 Å². The van der Waals surface area contributed by atoms with Gasteiger partial charge < -0.3 is 20.1 Å². The Bertz CT molecular complexity index is 306. The highest BCUT2D eigenvalue weighted by atomic mass is 16.5. The van der Waals surface area contributed by atoms with Crippen molar-refractivity contribution in [1.29, 1.82) is 0 Å². The van der Waals surface area contributed by atoms with Gasteiger partial charge in [-0.15, -0.1) is 0 Å². The molecule has 3 N–H and O–H groups in total. The molecule has 4 nitrogen and oxygen atoms in total. The molecule has 0 aromatic heterocycles. The molecule has 0 atom stereocenters. The van der Waals surface area contributed by atoms with Gasteiger partial charge in [-0.05, 0) is 6.92 Å². The van der Waals surface area contributed by atoms with Crippen molar-refractivity contribution in [3.63, 3.8) is 0 Å². The molecule has 0 radical (unpaired) electrons. The summed E-state index contributed by atoms with van der Waals surface area (Å²) in [5.74, 6) is -0.932. The third-order valence-corrected chi connectivity index (χ3v) is 1.68. The van der Waals surface area contributed by atoms with Gasteiger partial charge in [-0.3, -0.25) is 0 Å². The Morgan fingerprint density at radius 3 is 2.25 bits per heavy atom. The van der Waals surface area contributed by atoms with E-state index in [0.717, 1.165) is 0 Å². The molecule has 0 aliphatic rings. The molecular formula is C8H10O4. The summed E-state index contributed by atoms with van der Waals surface area (Å²) < 4.78 is 4.83.